The molecule has 0 saturated heterocycles. The summed E-state index contributed by atoms with van der Waals surface area (Å²) in [7, 11) is 0. The van der Waals surface area contributed by atoms with E-state index >= 15 is 0 Å². The molecule has 58 heavy (non-hydrogen) atoms. The number of hydrogen-bond donors (Lipinski definition) is 0. The first kappa shape index (κ1) is 37.3. The van der Waals surface area contributed by atoms with Crippen LogP contribution in [0, 0.1) is 0 Å². The maximum absolute atomic E-state index is 6.74. The number of pyridine rings is 1. The van der Waals surface area contributed by atoms with Crippen molar-refractivity contribution in [3.8, 4) is 23.0 Å². The number of nitrogens with zero attached hydrogens (tertiary/aromatic N) is 5. The molecule has 1 aliphatic rings. The Labute approximate surface area is 342 Å². The lowest BCUT2D eigenvalue weighted by atomic mass is 9.80. The summed E-state index contributed by atoms with van der Waals surface area (Å²) in [5, 5.41) is 2.30. The van der Waals surface area contributed by atoms with Gasteiger partial charge in [-0.15, -0.1) is 0 Å². The van der Waals surface area contributed by atoms with Gasteiger partial charge in [-0.05, 0) is 99.7 Å². The Morgan fingerprint density at radius 2 is 1.07 bits per heavy atom. The van der Waals surface area contributed by atoms with E-state index in [0.29, 0.717) is 6.67 Å². The van der Waals surface area contributed by atoms with Crippen LogP contribution in [0.15, 0.2) is 146 Å². The molecule has 5 aromatic carbocycles. The van der Waals surface area contributed by atoms with E-state index in [2.05, 4.69) is 215 Å². The van der Waals surface area contributed by atoms with Gasteiger partial charge in [-0.2, -0.15) is 0 Å². The van der Waals surface area contributed by atoms with Gasteiger partial charge in [0.1, 0.15) is 17.3 Å². The van der Waals surface area contributed by atoms with Crippen LogP contribution in [0.3, 0.4) is 0 Å². The van der Waals surface area contributed by atoms with E-state index in [-0.39, 0.29) is 16.2 Å². The van der Waals surface area contributed by atoms with Crippen LogP contribution in [0.1, 0.15) is 79.0 Å². The zero-order chi connectivity index (χ0) is 40.6. The summed E-state index contributed by atoms with van der Waals surface area (Å²) in [5.41, 5.74) is 11.9. The van der Waals surface area contributed by atoms with Crippen LogP contribution in [0.2, 0.25) is 0 Å². The zero-order valence-corrected chi connectivity index (χ0v) is 35.2. The number of aromatic nitrogens is 3. The van der Waals surface area contributed by atoms with Crippen molar-refractivity contribution < 1.29 is 4.74 Å². The number of anilines is 2. The molecule has 0 unspecified atom stereocenters. The van der Waals surface area contributed by atoms with Gasteiger partial charge in [-0.3, -0.25) is 4.57 Å². The number of benzene rings is 5. The summed E-state index contributed by atoms with van der Waals surface area (Å²) in [6, 6.07) is 45.6. The molecular weight excluding hydrogens is 711 g/mol. The smallest absolute Gasteiger partial charge is 0.137 e. The molecule has 0 aliphatic carbocycles. The van der Waals surface area contributed by atoms with Crippen molar-refractivity contribution in [2.24, 2.45) is 0 Å². The zero-order valence-electron chi connectivity index (χ0n) is 35.2. The van der Waals surface area contributed by atoms with E-state index < -0.39 is 0 Å². The van der Waals surface area contributed by atoms with Crippen molar-refractivity contribution >= 4 is 44.2 Å². The van der Waals surface area contributed by atoms with E-state index in [1.807, 2.05) is 12.3 Å². The molecule has 0 bridgehead atoms. The molecule has 0 N–H and O–H groups in total. The van der Waals surface area contributed by atoms with Crippen LogP contribution in [-0.2, 0) is 16.2 Å². The maximum atomic E-state index is 6.74. The lowest BCUT2D eigenvalue weighted by Gasteiger charge is -2.29. The van der Waals surface area contributed by atoms with Crippen molar-refractivity contribution in [1.82, 2.24) is 14.1 Å². The third-order valence-electron chi connectivity index (χ3n) is 11.5. The summed E-state index contributed by atoms with van der Waals surface area (Å²) >= 11 is 0. The third kappa shape index (κ3) is 6.70. The monoisotopic (exact) mass is 763 g/mol. The fourth-order valence-electron chi connectivity index (χ4n) is 8.13. The highest BCUT2D eigenvalue weighted by Crippen LogP contribution is 2.43. The van der Waals surface area contributed by atoms with Crippen LogP contribution in [0.4, 0.5) is 11.4 Å². The fourth-order valence-corrected chi connectivity index (χ4v) is 8.13. The van der Waals surface area contributed by atoms with Crippen molar-refractivity contribution in [1.29, 1.82) is 0 Å². The van der Waals surface area contributed by atoms with Crippen molar-refractivity contribution in [2.75, 3.05) is 16.5 Å². The maximum Gasteiger partial charge on any atom is 0.137 e. The molecule has 6 nitrogen and oxygen atoms in total. The first-order valence-corrected chi connectivity index (χ1v) is 20.4. The summed E-state index contributed by atoms with van der Waals surface area (Å²) < 4.78 is 11.5. The normalized spacial score (nSPS) is 13.7. The highest BCUT2D eigenvalue weighted by Gasteiger charge is 2.26. The quantitative estimate of drug-likeness (QED) is 0.169. The van der Waals surface area contributed by atoms with E-state index in [1.165, 1.54) is 27.8 Å². The van der Waals surface area contributed by atoms with Gasteiger partial charge in [0.2, 0.25) is 0 Å². The highest BCUT2D eigenvalue weighted by atomic mass is 16.5. The van der Waals surface area contributed by atoms with E-state index in [4.69, 9.17) is 9.72 Å². The molecule has 4 heterocycles. The second-order valence-electron chi connectivity index (χ2n) is 18.8. The first-order valence-electron chi connectivity index (χ1n) is 20.4. The molecule has 292 valence electrons. The van der Waals surface area contributed by atoms with Gasteiger partial charge < -0.3 is 19.1 Å². The molecule has 0 radical (unpaired) electrons. The number of rotatable bonds is 6. The lowest BCUT2D eigenvalue weighted by Crippen LogP contribution is -2.26. The summed E-state index contributed by atoms with van der Waals surface area (Å²) in [6.07, 6.45) is 6.28. The molecule has 0 saturated carbocycles. The van der Waals surface area contributed by atoms with Gasteiger partial charge in [0.25, 0.3) is 0 Å². The Bertz CT molecular complexity index is 2820. The van der Waals surface area contributed by atoms with Gasteiger partial charge >= 0.3 is 0 Å². The Balaban J connectivity index is 1.11. The molecule has 0 amide bonds. The second kappa shape index (κ2) is 13.7. The molecular formula is C52H53N5O. The van der Waals surface area contributed by atoms with Crippen molar-refractivity contribution in [3.05, 3.63) is 163 Å². The molecule has 9 rings (SSSR count). The number of ether oxygens (including phenoxy) is 1. The summed E-state index contributed by atoms with van der Waals surface area (Å²) in [4.78, 5) is 9.62. The van der Waals surface area contributed by atoms with Crippen LogP contribution in [0.25, 0.3) is 44.3 Å². The van der Waals surface area contributed by atoms with Crippen LogP contribution in [0.5, 0.6) is 11.5 Å². The molecule has 0 atom stereocenters. The summed E-state index contributed by atoms with van der Waals surface area (Å²) in [6.45, 7) is 21.2. The van der Waals surface area contributed by atoms with Crippen LogP contribution >= 0.6 is 0 Å². The largest absolute Gasteiger partial charge is 0.457 e. The lowest BCUT2D eigenvalue weighted by molar-refractivity contribution is 0.483. The first-order chi connectivity index (χ1) is 27.6. The Morgan fingerprint density at radius 1 is 0.466 bits per heavy atom. The fraction of sp³-hybridized carbons (Fsp3) is 0.250. The van der Waals surface area contributed by atoms with Gasteiger partial charge in [-0.25, -0.2) is 4.98 Å². The average molecular weight is 764 g/mol. The molecule has 8 aromatic rings. The Morgan fingerprint density at radius 3 is 1.78 bits per heavy atom. The highest BCUT2D eigenvalue weighted by molar-refractivity contribution is 6.20. The predicted octanol–water partition coefficient (Wildman–Crippen LogP) is 13.6. The Hall–Kier alpha value is -6.27. The average Bonchev–Trinajstić information content (AvgIpc) is 3.90. The van der Waals surface area contributed by atoms with E-state index in [9.17, 15) is 0 Å². The SMILES string of the molecule is CC(C)(C)c1cc(N2C=CN(c3cccc(Oc4ccc5c(c4)n(-c4cc(C(C)(C)C)ccn4)c4c6ccccc6n(-c6ccccc6)c54)c3)C2)cc(C(C)(C)C)c1. The Kier molecular flexibility index (Phi) is 8.81. The minimum atomic E-state index is -0.0372. The van der Waals surface area contributed by atoms with Crippen molar-refractivity contribution in [2.45, 2.75) is 78.6 Å². The van der Waals surface area contributed by atoms with E-state index in [1.54, 1.807) is 0 Å². The molecule has 3 aromatic heterocycles. The van der Waals surface area contributed by atoms with E-state index in [0.717, 1.165) is 56.1 Å². The molecule has 1 aliphatic heterocycles. The van der Waals surface area contributed by atoms with Crippen LogP contribution < -0.4 is 14.5 Å². The third-order valence-corrected chi connectivity index (χ3v) is 11.5. The predicted molar refractivity (Wildman–Crippen MR) is 243 cm³/mol. The van der Waals surface area contributed by atoms with Gasteiger partial charge in [0.05, 0.1) is 28.7 Å². The number of hydrogen-bond acceptors (Lipinski definition) is 4. The van der Waals surface area contributed by atoms with Gasteiger partial charge in [0.15, 0.2) is 0 Å². The number of fused-ring (bicyclic) bond motifs is 5. The topological polar surface area (TPSA) is 38.5 Å². The molecule has 0 spiro atoms. The molecule has 0 fully saturated rings. The van der Waals surface area contributed by atoms with Crippen molar-refractivity contribution in [3.63, 3.8) is 0 Å². The minimum absolute atomic E-state index is 0.0372. The number of para-hydroxylation sites is 2. The van der Waals surface area contributed by atoms with Crippen LogP contribution in [-0.4, -0.2) is 20.8 Å². The summed E-state index contributed by atoms with van der Waals surface area (Å²) in [5.74, 6) is 2.43. The standard InChI is InChI=1S/C52H53N5O/c1-50(2,3)35-24-25-53-47(31-35)57-46-33-42(22-23-44(46)48-49(57)43-20-13-14-21-45(43)56(48)38-16-11-10-12-17-38)58-41-19-15-18-39(32-41)54-26-27-55(34-54)40-29-36(51(4,5)6)28-37(30-40)52(7,8)9/h10-33H,34H2,1-9H3. The van der Waals surface area contributed by atoms with Gasteiger partial charge in [0, 0.05) is 58.6 Å². The second-order valence-corrected chi connectivity index (χ2v) is 18.8. The minimum Gasteiger partial charge on any atom is -0.457 e. The van der Waals surface area contributed by atoms with Gasteiger partial charge in [-0.1, -0.05) is 111 Å². The molecule has 6 heteroatoms.